The highest BCUT2D eigenvalue weighted by Gasteiger charge is 2.08. The second-order valence-electron chi connectivity index (χ2n) is 4.14. The van der Waals surface area contributed by atoms with Gasteiger partial charge in [-0.3, -0.25) is 4.79 Å². The van der Waals surface area contributed by atoms with E-state index in [2.05, 4.69) is 0 Å². The molecule has 2 N–H and O–H groups in total. The molecule has 0 fully saturated rings. The van der Waals surface area contributed by atoms with Gasteiger partial charge in [0.25, 0.3) is 0 Å². The van der Waals surface area contributed by atoms with Crippen LogP contribution >= 0.6 is 0 Å². The van der Waals surface area contributed by atoms with E-state index in [1.165, 1.54) is 0 Å². The summed E-state index contributed by atoms with van der Waals surface area (Å²) >= 11 is 0. The lowest BCUT2D eigenvalue weighted by molar-refractivity contribution is 0.103. The fourth-order valence-corrected chi connectivity index (χ4v) is 1.67. The summed E-state index contributed by atoms with van der Waals surface area (Å²) in [6, 6.07) is 17.0. The van der Waals surface area contributed by atoms with E-state index in [0.29, 0.717) is 0 Å². The smallest absolute Gasteiger partial charge is 0.193 e. The van der Waals surface area contributed by atoms with Crippen molar-refractivity contribution in [1.82, 2.24) is 0 Å². The Balaban J connectivity index is 0.00000162. The van der Waals surface area contributed by atoms with E-state index in [-0.39, 0.29) is 11.3 Å². The second kappa shape index (κ2) is 5.98. The van der Waals surface area contributed by atoms with Crippen molar-refractivity contribution < 1.29 is 10.3 Å². The highest BCUT2D eigenvalue weighted by molar-refractivity contribution is 6.09. The van der Waals surface area contributed by atoms with E-state index >= 15 is 0 Å². The Morgan fingerprint density at radius 2 is 1.33 bits per heavy atom. The van der Waals surface area contributed by atoms with Gasteiger partial charge in [-0.1, -0.05) is 30.3 Å². The Kier molecular flexibility index (Phi) is 4.63. The number of carbonyl (C=O) groups excluding carboxylic acids is 1. The van der Waals surface area contributed by atoms with E-state index < -0.39 is 0 Å². The predicted molar refractivity (Wildman–Crippen MR) is 74.3 cm³/mol. The van der Waals surface area contributed by atoms with Gasteiger partial charge in [-0.2, -0.15) is 0 Å². The number of ketones is 1. The third kappa shape index (κ3) is 2.96. The first-order valence-electron chi connectivity index (χ1n) is 5.55. The molecule has 0 saturated heterocycles. The average Bonchev–Trinajstić information content (AvgIpc) is 2.39. The summed E-state index contributed by atoms with van der Waals surface area (Å²) in [5.74, 6) is 0.0657. The standard InChI is InChI=1S/C15H15NO.H2O/c1-16(2)14-10-8-13(9-11-14)15(17)12-6-4-3-5-7-12;/h3-11H,1-2H3;1H2. The van der Waals surface area contributed by atoms with Crippen LogP contribution in [0.5, 0.6) is 0 Å². The van der Waals surface area contributed by atoms with Gasteiger partial charge < -0.3 is 10.4 Å². The molecule has 3 nitrogen and oxygen atoms in total. The largest absolute Gasteiger partial charge is 0.412 e. The third-order valence-corrected chi connectivity index (χ3v) is 2.68. The van der Waals surface area contributed by atoms with E-state index in [9.17, 15) is 4.79 Å². The molecule has 0 radical (unpaired) electrons. The first-order valence-corrected chi connectivity index (χ1v) is 5.55. The van der Waals surface area contributed by atoms with Gasteiger partial charge in [0.2, 0.25) is 0 Å². The molecule has 0 unspecified atom stereocenters. The molecule has 94 valence electrons. The van der Waals surface area contributed by atoms with Gasteiger partial charge in [-0.15, -0.1) is 0 Å². The van der Waals surface area contributed by atoms with Crippen molar-refractivity contribution in [2.45, 2.75) is 0 Å². The molecule has 0 aliphatic carbocycles. The van der Waals surface area contributed by atoms with Crippen molar-refractivity contribution in [1.29, 1.82) is 0 Å². The fourth-order valence-electron chi connectivity index (χ4n) is 1.67. The van der Waals surface area contributed by atoms with Crippen molar-refractivity contribution >= 4 is 11.5 Å². The minimum atomic E-state index is 0. The van der Waals surface area contributed by atoms with Gasteiger partial charge in [0, 0.05) is 30.9 Å². The fraction of sp³-hybridized carbons (Fsp3) is 0.133. The molecule has 0 aliphatic rings. The monoisotopic (exact) mass is 243 g/mol. The molecular formula is C15H17NO2. The Morgan fingerprint density at radius 1 is 0.833 bits per heavy atom. The maximum absolute atomic E-state index is 12.1. The lowest BCUT2D eigenvalue weighted by Gasteiger charge is -2.12. The molecule has 3 heteroatoms. The molecule has 2 aromatic carbocycles. The SMILES string of the molecule is CN(C)c1ccc(C(=O)c2ccccc2)cc1.O. The van der Waals surface area contributed by atoms with E-state index in [0.717, 1.165) is 16.8 Å². The summed E-state index contributed by atoms with van der Waals surface area (Å²) in [7, 11) is 3.96. The minimum absolute atomic E-state index is 0. The quantitative estimate of drug-likeness (QED) is 0.776. The van der Waals surface area contributed by atoms with Crippen LogP contribution in [0.2, 0.25) is 0 Å². The van der Waals surface area contributed by atoms with Gasteiger partial charge in [0.05, 0.1) is 0 Å². The number of hydrogen-bond acceptors (Lipinski definition) is 2. The van der Waals surface area contributed by atoms with Gasteiger partial charge in [0.15, 0.2) is 5.78 Å². The molecular weight excluding hydrogens is 226 g/mol. The van der Waals surface area contributed by atoms with Crippen LogP contribution in [0.1, 0.15) is 15.9 Å². The molecule has 0 saturated carbocycles. The maximum atomic E-state index is 12.1. The van der Waals surface area contributed by atoms with Crippen molar-refractivity contribution in [3.05, 3.63) is 65.7 Å². The first kappa shape index (κ1) is 13.9. The number of nitrogens with zero attached hydrogens (tertiary/aromatic N) is 1. The second-order valence-corrected chi connectivity index (χ2v) is 4.14. The highest BCUT2D eigenvalue weighted by Crippen LogP contribution is 2.15. The number of anilines is 1. The lowest BCUT2D eigenvalue weighted by atomic mass is 10.0. The van der Waals surface area contributed by atoms with Crippen molar-refractivity contribution in [3.63, 3.8) is 0 Å². The van der Waals surface area contributed by atoms with Crippen LogP contribution in [0.3, 0.4) is 0 Å². The van der Waals surface area contributed by atoms with Gasteiger partial charge in [-0.25, -0.2) is 0 Å². The van der Waals surface area contributed by atoms with Crippen molar-refractivity contribution in [2.24, 2.45) is 0 Å². The third-order valence-electron chi connectivity index (χ3n) is 2.68. The van der Waals surface area contributed by atoms with E-state index in [1.54, 1.807) is 0 Å². The zero-order valence-corrected chi connectivity index (χ0v) is 10.6. The molecule has 18 heavy (non-hydrogen) atoms. The minimum Gasteiger partial charge on any atom is -0.412 e. The maximum Gasteiger partial charge on any atom is 0.193 e. The van der Waals surface area contributed by atoms with E-state index in [1.807, 2.05) is 73.6 Å². The van der Waals surface area contributed by atoms with Crippen molar-refractivity contribution in [3.8, 4) is 0 Å². The van der Waals surface area contributed by atoms with Crippen LogP contribution in [0.15, 0.2) is 54.6 Å². The number of rotatable bonds is 3. The molecule has 0 amide bonds. The summed E-state index contributed by atoms with van der Waals surface area (Å²) in [6.07, 6.45) is 0. The Hall–Kier alpha value is -2.13. The summed E-state index contributed by atoms with van der Waals surface area (Å²) in [6.45, 7) is 0. The molecule has 0 aromatic heterocycles. The molecule has 0 heterocycles. The topological polar surface area (TPSA) is 51.8 Å². The Morgan fingerprint density at radius 3 is 1.83 bits per heavy atom. The highest BCUT2D eigenvalue weighted by atomic mass is 16.1. The zero-order chi connectivity index (χ0) is 12.3. The molecule has 0 atom stereocenters. The van der Waals surface area contributed by atoms with Gasteiger partial charge >= 0.3 is 0 Å². The zero-order valence-electron chi connectivity index (χ0n) is 10.6. The van der Waals surface area contributed by atoms with E-state index in [4.69, 9.17) is 0 Å². The van der Waals surface area contributed by atoms with Gasteiger partial charge in [-0.05, 0) is 24.3 Å². The first-order chi connectivity index (χ1) is 8.18. The lowest BCUT2D eigenvalue weighted by Crippen LogP contribution is -2.09. The van der Waals surface area contributed by atoms with Crippen LogP contribution in [0.4, 0.5) is 5.69 Å². The molecule has 0 aliphatic heterocycles. The number of carbonyl (C=O) groups is 1. The summed E-state index contributed by atoms with van der Waals surface area (Å²) in [4.78, 5) is 14.1. The molecule has 2 rings (SSSR count). The van der Waals surface area contributed by atoms with Crippen LogP contribution in [0.25, 0.3) is 0 Å². The summed E-state index contributed by atoms with van der Waals surface area (Å²) < 4.78 is 0. The van der Waals surface area contributed by atoms with Gasteiger partial charge in [0.1, 0.15) is 0 Å². The molecule has 0 spiro atoms. The summed E-state index contributed by atoms with van der Waals surface area (Å²) in [5, 5.41) is 0. The van der Waals surface area contributed by atoms with Crippen LogP contribution in [0, 0.1) is 0 Å². The molecule has 0 bridgehead atoms. The summed E-state index contributed by atoms with van der Waals surface area (Å²) in [5.41, 5.74) is 2.54. The predicted octanol–water partition coefficient (Wildman–Crippen LogP) is 2.16. The van der Waals surface area contributed by atoms with Crippen LogP contribution < -0.4 is 4.90 Å². The molecule has 2 aromatic rings. The van der Waals surface area contributed by atoms with Crippen LogP contribution in [-0.4, -0.2) is 25.4 Å². The average molecular weight is 243 g/mol. The number of hydrogen-bond donors (Lipinski definition) is 0. The normalized spacial score (nSPS) is 9.44. The van der Waals surface area contributed by atoms with Crippen molar-refractivity contribution in [2.75, 3.05) is 19.0 Å². The number of benzene rings is 2. The Labute approximate surface area is 107 Å². The Bertz CT molecular complexity index is 504. The van der Waals surface area contributed by atoms with Crippen LogP contribution in [-0.2, 0) is 0 Å².